The lowest BCUT2D eigenvalue weighted by Crippen LogP contribution is -2.23. The number of sulfone groups is 1. The molecule has 5 nitrogen and oxygen atoms in total. The summed E-state index contributed by atoms with van der Waals surface area (Å²) in [5.74, 6) is -0.166. The third-order valence-electron chi connectivity index (χ3n) is 0.693. The van der Waals surface area contributed by atoms with Gasteiger partial charge in [0.1, 0.15) is 9.84 Å². The molecule has 0 aliphatic rings. The van der Waals surface area contributed by atoms with Crippen molar-refractivity contribution in [2.24, 2.45) is 0 Å². The number of nitrogens with one attached hydrogen (secondary N) is 1. The van der Waals surface area contributed by atoms with E-state index in [1.165, 1.54) is 0 Å². The van der Waals surface area contributed by atoms with Crippen molar-refractivity contribution in [3.8, 4) is 0 Å². The number of hydrogen-bond donors (Lipinski definition) is 1. The van der Waals surface area contributed by atoms with Crippen molar-refractivity contribution in [1.29, 1.82) is 0 Å². The van der Waals surface area contributed by atoms with E-state index >= 15 is 0 Å². The fourth-order valence-electron chi connectivity index (χ4n) is 0.310. The molecule has 1 atom stereocenters. The third-order valence-corrected chi connectivity index (χ3v) is 2.08. The molecule has 0 saturated heterocycles. The van der Waals surface area contributed by atoms with Crippen LogP contribution in [0.15, 0.2) is 0 Å². The van der Waals surface area contributed by atoms with Crippen LogP contribution in [0.2, 0.25) is 0 Å². The summed E-state index contributed by atoms with van der Waals surface area (Å²) in [5, 5.41) is 0. The minimum atomic E-state index is -3.06. The van der Waals surface area contributed by atoms with Crippen molar-refractivity contribution >= 4 is 21.1 Å². The quantitative estimate of drug-likeness (QED) is 0.536. The van der Waals surface area contributed by atoms with E-state index in [4.69, 9.17) is 0 Å². The highest BCUT2D eigenvalue weighted by Crippen LogP contribution is 1.79. The van der Waals surface area contributed by atoms with Gasteiger partial charge in [0, 0.05) is 24.1 Å². The maximum absolute atomic E-state index is 10.4. The normalized spacial score (nSPS) is 15.0. The average Bonchev–Trinajstić information content (AvgIpc) is 1.59. The summed E-state index contributed by atoms with van der Waals surface area (Å²) in [5.41, 5.74) is 0. The molecule has 0 aliphatic carbocycles. The molecule has 0 radical (unpaired) electrons. The Hall–Kier alpha value is 0.0200. The van der Waals surface area contributed by atoms with Crippen LogP contribution in [0.4, 0.5) is 0 Å². The smallest absolute Gasteiger partial charge is 0.148 e. The zero-order valence-electron chi connectivity index (χ0n) is 5.36. The molecular formula is C3H8NO4S2-. The maximum Gasteiger partial charge on any atom is 0.148 e. The van der Waals surface area contributed by atoms with Gasteiger partial charge in [-0.05, 0) is 0 Å². The van der Waals surface area contributed by atoms with E-state index in [1.807, 2.05) is 4.72 Å². The highest BCUT2D eigenvalue weighted by atomic mass is 32.2. The van der Waals surface area contributed by atoms with Crippen molar-refractivity contribution < 1.29 is 17.2 Å². The molecule has 0 heterocycles. The lowest BCUT2D eigenvalue weighted by molar-refractivity contribution is 0.524. The molecule has 0 rings (SSSR count). The van der Waals surface area contributed by atoms with Crippen molar-refractivity contribution in [3.63, 3.8) is 0 Å². The van der Waals surface area contributed by atoms with Gasteiger partial charge < -0.3 is 4.55 Å². The second-order valence-electron chi connectivity index (χ2n) is 1.76. The van der Waals surface area contributed by atoms with Crippen LogP contribution in [-0.4, -0.2) is 35.7 Å². The molecule has 0 saturated carbocycles. The SMILES string of the molecule is CS(=O)(=O)CCNS(=O)[O-]. The molecule has 0 bridgehead atoms. The summed E-state index contributed by atoms with van der Waals surface area (Å²) in [7, 11) is -3.06. The number of rotatable bonds is 4. The van der Waals surface area contributed by atoms with Gasteiger partial charge in [0.25, 0.3) is 0 Å². The van der Waals surface area contributed by atoms with Crippen molar-refractivity contribution in [3.05, 3.63) is 0 Å². The van der Waals surface area contributed by atoms with Crippen LogP contribution in [0.3, 0.4) is 0 Å². The molecule has 62 valence electrons. The van der Waals surface area contributed by atoms with Gasteiger partial charge in [-0.1, -0.05) is 0 Å². The van der Waals surface area contributed by atoms with Gasteiger partial charge in [0.05, 0.1) is 5.75 Å². The molecule has 0 fully saturated rings. The van der Waals surface area contributed by atoms with Gasteiger partial charge in [-0.15, -0.1) is 0 Å². The molecular weight excluding hydrogens is 178 g/mol. The van der Waals surface area contributed by atoms with E-state index in [0.29, 0.717) is 0 Å². The first kappa shape index (κ1) is 10.0. The minimum absolute atomic E-state index is 0.0606. The van der Waals surface area contributed by atoms with E-state index < -0.39 is 21.1 Å². The summed E-state index contributed by atoms with van der Waals surface area (Å²) in [6.07, 6.45) is 1.04. The molecule has 0 amide bonds. The van der Waals surface area contributed by atoms with Crippen molar-refractivity contribution in [1.82, 2.24) is 4.72 Å². The Bertz CT molecular complexity index is 209. The van der Waals surface area contributed by atoms with Crippen LogP contribution in [0.1, 0.15) is 0 Å². The van der Waals surface area contributed by atoms with E-state index in [1.54, 1.807) is 0 Å². The van der Waals surface area contributed by atoms with Crippen LogP contribution >= 0.6 is 0 Å². The Labute approximate surface area is 62.2 Å². The van der Waals surface area contributed by atoms with Gasteiger partial charge in [0.15, 0.2) is 0 Å². The first-order valence-corrected chi connectivity index (χ1v) is 5.56. The summed E-state index contributed by atoms with van der Waals surface area (Å²) in [4.78, 5) is 0. The zero-order valence-corrected chi connectivity index (χ0v) is 7.00. The van der Waals surface area contributed by atoms with Crippen molar-refractivity contribution in [2.75, 3.05) is 18.6 Å². The lowest BCUT2D eigenvalue weighted by atomic mass is 10.8. The van der Waals surface area contributed by atoms with Crippen LogP contribution in [0.25, 0.3) is 0 Å². The van der Waals surface area contributed by atoms with Gasteiger partial charge in [-0.2, -0.15) is 0 Å². The highest BCUT2D eigenvalue weighted by Gasteiger charge is 1.99. The van der Waals surface area contributed by atoms with E-state index in [0.717, 1.165) is 6.26 Å². The molecule has 7 heteroatoms. The maximum atomic E-state index is 10.4. The van der Waals surface area contributed by atoms with Gasteiger partial charge in [-0.3, -0.25) is 4.21 Å². The standard InChI is InChI=1S/C3H9NO4S2/c1-10(7,8)3-2-4-9(5)6/h4H,2-3H2,1H3,(H,5,6)/p-1. The van der Waals surface area contributed by atoms with Crippen LogP contribution < -0.4 is 4.72 Å². The molecule has 0 aromatic heterocycles. The molecule has 0 aromatic carbocycles. The van der Waals surface area contributed by atoms with Gasteiger partial charge in [-0.25, -0.2) is 13.1 Å². The Morgan fingerprint density at radius 2 is 2.10 bits per heavy atom. The average molecular weight is 186 g/mol. The molecule has 10 heavy (non-hydrogen) atoms. The first-order chi connectivity index (χ1) is 4.42. The molecule has 0 aromatic rings. The largest absolute Gasteiger partial charge is 0.760 e. The second kappa shape index (κ2) is 4.02. The monoisotopic (exact) mass is 186 g/mol. The molecule has 0 spiro atoms. The fraction of sp³-hybridized carbons (Fsp3) is 1.00. The topological polar surface area (TPSA) is 86.3 Å². The summed E-state index contributed by atoms with van der Waals surface area (Å²) in [6.45, 7) is -0.0606. The van der Waals surface area contributed by atoms with E-state index in [-0.39, 0.29) is 12.3 Å². The lowest BCUT2D eigenvalue weighted by Gasteiger charge is -2.04. The van der Waals surface area contributed by atoms with Crippen molar-refractivity contribution in [2.45, 2.75) is 0 Å². The fourth-order valence-corrected chi connectivity index (χ4v) is 1.18. The molecule has 0 aliphatic heterocycles. The van der Waals surface area contributed by atoms with Crippen LogP contribution in [-0.2, 0) is 21.1 Å². The summed E-state index contributed by atoms with van der Waals surface area (Å²) < 4.78 is 42.2. The van der Waals surface area contributed by atoms with E-state index in [9.17, 15) is 17.2 Å². The van der Waals surface area contributed by atoms with Gasteiger partial charge >= 0.3 is 0 Å². The van der Waals surface area contributed by atoms with Gasteiger partial charge in [0.2, 0.25) is 0 Å². The summed E-state index contributed by atoms with van der Waals surface area (Å²) >= 11 is -2.36. The Morgan fingerprint density at radius 1 is 1.60 bits per heavy atom. The molecule has 1 N–H and O–H groups in total. The zero-order chi connectivity index (χ0) is 8.20. The Morgan fingerprint density at radius 3 is 2.40 bits per heavy atom. The summed E-state index contributed by atoms with van der Waals surface area (Å²) in [6, 6.07) is 0. The first-order valence-electron chi connectivity index (χ1n) is 2.42. The predicted octanol–water partition coefficient (Wildman–Crippen LogP) is -1.59. The number of hydrogen-bond acceptors (Lipinski definition) is 4. The van der Waals surface area contributed by atoms with Crippen LogP contribution in [0, 0.1) is 0 Å². The Balaban J connectivity index is 3.49. The third kappa shape index (κ3) is 8.02. The van der Waals surface area contributed by atoms with Crippen LogP contribution in [0.5, 0.6) is 0 Å². The minimum Gasteiger partial charge on any atom is -0.760 e. The Kier molecular flexibility index (Phi) is 4.02. The second-order valence-corrected chi connectivity index (χ2v) is 4.78. The predicted molar refractivity (Wildman–Crippen MR) is 36.6 cm³/mol. The highest BCUT2D eigenvalue weighted by molar-refractivity contribution is 7.90. The molecule has 1 unspecified atom stereocenters. The van der Waals surface area contributed by atoms with E-state index in [2.05, 4.69) is 0 Å².